The molecule has 4 nitrogen and oxygen atoms in total. The number of nitrogens with one attached hydrogen (secondary N) is 1. The van der Waals surface area contributed by atoms with Gasteiger partial charge >= 0.3 is 0 Å². The molecule has 21 heavy (non-hydrogen) atoms. The summed E-state index contributed by atoms with van der Waals surface area (Å²) in [5, 5.41) is 5.03. The van der Waals surface area contributed by atoms with Crippen molar-refractivity contribution in [2.24, 2.45) is 11.7 Å². The molecule has 0 radical (unpaired) electrons. The number of benzene rings is 2. The summed E-state index contributed by atoms with van der Waals surface area (Å²) in [4.78, 5) is 23.4. The van der Waals surface area contributed by atoms with E-state index in [9.17, 15) is 9.59 Å². The molecule has 0 spiro atoms. The van der Waals surface area contributed by atoms with Crippen molar-refractivity contribution in [2.75, 3.05) is 0 Å². The minimum Gasteiger partial charge on any atom is -0.368 e. The molecule has 0 unspecified atom stereocenters. The molecule has 0 saturated heterocycles. The van der Waals surface area contributed by atoms with Crippen LogP contribution >= 0.6 is 0 Å². The lowest BCUT2D eigenvalue weighted by Crippen LogP contribution is -2.46. The monoisotopic (exact) mass is 282 g/mol. The molecule has 1 fully saturated rings. The molecule has 2 aromatic carbocycles. The summed E-state index contributed by atoms with van der Waals surface area (Å²) in [5.41, 5.74) is 6.41. The highest BCUT2D eigenvalue weighted by Crippen LogP contribution is 2.29. The number of fused-ring (bicyclic) bond motifs is 1. The van der Waals surface area contributed by atoms with E-state index in [1.54, 1.807) is 0 Å². The normalized spacial score (nSPS) is 15.6. The average molecular weight is 282 g/mol. The molecule has 3 rings (SSSR count). The Morgan fingerprint density at radius 2 is 1.86 bits per heavy atom. The summed E-state index contributed by atoms with van der Waals surface area (Å²) in [5.74, 6) is -0.472. The first kappa shape index (κ1) is 13.6. The van der Waals surface area contributed by atoms with Crippen LogP contribution in [0, 0.1) is 5.92 Å². The molecule has 3 N–H and O–H groups in total. The van der Waals surface area contributed by atoms with Gasteiger partial charge in [-0.2, -0.15) is 0 Å². The van der Waals surface area contributed by atoms with E-state index < -0.39 is 11.9 Å². The maximum Gasteiger partial charge on any atom is 0.240 e. The third-order valence-corrected chi connectivity index (χ3v) is 3.86. The van der Waals surface area contributed by atoms with E-state index in [-0.39, 0.29) is 11.8 Å². The molecule has 4 heteroatoms. The van der Waals surface area contributed by atoms with Crippen LogP contribution in [-0.4, -0.2) is 17.9 Å². The molecule has 2 amide bonds. The first-order valence-corrected chi connectivity index (χ1v) is 7.21. The summed E-state index contributed by atoms with van der Waals surface area (Å²) >= 11 is 0. The number of carbonyl (C=O) groups is 2. The molecular formula is C17H18N2O2. The fraction of sp³-hybridized carbons (Fsp3) is 0.294. The van der Waals surface area contributed by atoms with Gasteiger partial charge in [0.1, 0.15) is 6.04 Å². The van der Waals surface area contributed by atoms with E-state index in [0.29, 0.717) is 6.42 Å². The molecular weight excluding hydrogens is 264 g/mol. The van der Waals surface area contributed by atoms with Gasteiger partial charge < -0.3 is 11.1 Å². The Morgan fingerprint density at radius 3 is 2.52 bits per heavy atom. The van der Waals surface area contributed by atoms with E-state index in [4.69, 9.17) is 5.73 Å². The zero-order valence-electron chi connectivity index (χ0n) is 11.7. The molecule has 2 aromatic rings. The van der Waals surface area contributed by atoms with Gasteiger partial charge in [0.15, 0.2) is 0 Å². The number of hydrogen-bond donors (Lipinski definition) is 2. The Kier molecular flexibility index (Phi) is 3.60. The Labute approximate surface area is 123 Å². The largest absolute Gasteiger partial charge is 0.368 e. The van der Waals surface area contributed by atoms with E-state index in [1.807, 2.05) is 42.5 Å². The number of nitrogens with two attached hydrogens (primary N) is 1. The molecule has 0 bridgehead atoms. The van der Waals surface area contributed by atoms with Gasteiger partial charge in [0, 0.05) is 12.3 Å². The van der Waals surface area contributed by atoms with Crippen LogP contribution < -0.4 is 11.1 Å². The fourth-order valence-electron chi connectivity index (χ4n) is 2.46. The van der Waals surface area contributed by atoms with Crippen LogP contribution in [0.4, 0.5) is 0 Å². The predicted molar refractivity (Wildman–Crippen MR) is 81.5 cm³/mol. The molecule has 1 aliphatic rings. The second-order valence-electron chi connectivity index (χ2n) is 5.62. The molecule has 1 aliphatic carbocycles. The Bertz CT molecular complexity index is 692. The molecule has 1 saturated carbocycles. The SMILES string of the molecule is NC(=O)[C@@H](Cc1ccc2ccccc2c1)NC(=O)C1CC1. The van der Waals surface area contributed by atoms with Crippen molar-refractivity contribution in [3.8, 4) is 0 Å². The van der Waals surface area contributed by atoms with Gasteiger partial charge in [-0.25, -0.2) is 0 Å². The number of hydrogen-bond acceptors (Lipinski definition) is 2. The van der Waals surface area contributed by atoms with Gasteiger partial charge in [0.05, 0.1) is 0 Å². The van der Waals surface area contributed by atoms with Crippen LogP contribution in [0.2, 0.25) is 0 Å². The maximum atomic E-state index is 11.8. The van der Waals surface area contributed by atoms with Crippen LogP contribution in [0.3, 0.4) is 0 Å². The van der Waals surface area contributed by atoms with Crippen molar-refractivity contribution >= 4 is 22.6 Å². The van der Waals surface area contributed by atoms with Crippen LogP contribution in [0.15, 0.2) is 42.5 Å². The molecule has 0 aliphatic heterocycles. The number of primary amides is 1. The lowest BCUT2D eigenvalue weighted by atomic mass is 10.0. The van der Waals surface area contributed by atoms with E-state index in [2.05, 4.69) is 5.32 Å². The second-order valence-corrected chi connectivity index (χ2v) is 5.62. The quantitative estimate of drug-likeness (QED) is 0.877. The summed E-state index contributed by atoms with van der Waals surface area (Å²) in [6.45, 7) is 0. The number of amides is 2. The third kappa shape index (κ3) is 3.21. The standard InChI is InChI=1S/C17H18N2O2/c18-16(20)15(19-17(21)13-7-8-13)10-11-5-6-12-3-1-2-4-14(12)9-11/h1-6,9,13,15H,7-8,10H2,(H2,18,20)(H,19,21)/t15-/m1/s1. The Morgan fingerprint density at radius 1 is 1.14 bits per heavy atom. The first-order valence-electron chi connectivity index (χ1n) is 7.21. The summed E-state index contributed by atoms with van der Waals surface area (Å²) in [7, 11) is 0. The van der Waals surface area contributed by atoms with Crippen molar-refractivity contribution < 1.29 is 9.59 Å². The van der Waals surface area contributed by atoms with Crippen molar-refractivity contribution in [1.29, 1.82) is 0 Å². The highest BCUT2D eigenvalue weighted by atomic mass is 16.2. The van der Waals surface area contributed by atoms with E-state index >= 15 is 0 Å². The number of carbonyl (C=O) groups excluding carboxylic acids is 2. The predicted octanol–water partition coefficient (Wildman–Crippen LogP) is 1.76. The van der Waals surface area contributed by atoms with Crippen molar-refractivity contribution in [3.63, 3.8) is 0 Å². The second kappa shape index (κ2) is 5.56. The topological polar surface area (TPSA) is 72.2 Å². The van der Waals surface area contributed by atoms with E-state index in [0.717, 1.165) is 29.2 Å². The summed E-state index contributed by atoms with van der Waals surface area (Å²) < 4.78 is 0. The highest BCUT2D eigenvalue weighted by molar-refractivity contribution is 5.89. The third-order valence-electron chi connectivity index (χ3n) is 3.86. The minimum absolute atomic E-state index is 0.0559. The lowest BCUT2D eigenvalue weighted by Gasteiger charge is -2.15. The van der Waals surface area contributed by atoms with Crippen LogP contribution in [0.1, 0.15) is 18.4 Å². The molecule has 0 heterocycles. The molecule has 108 valence electrons. The zero-order valence-corrected chi connectivity index (χ0v) is 11.7. The smallest absolute Gasteiger partial charge is 0.240 e. The van der Waals surface area contributed by atoms with E-state index in [1.165, 1.54) is 0 Å². The van der Waals surface area contributed by atoms with Gasteiger partial charge in [-0.1, -0.05) is 42.5 Å². The summed E-state index contributed by atoms with van der Waals surface area (Å²) in [6.07, 6.45) is 2.25. The van der Waals surface area contributed by atoms with Crippen LogP contribution in [-0.2, 0) is 16.0 Å². The van der Waals surface area contributed by atoms with Crippen LogP contribution in [0.25, 0.3) is 10.8 Å². The van der Waals surface area contributed by atoms with Gasteiger partial charge in [0.2, 0.25) is 11.8 Å². The highest BCUT2D eigenvalue weighted by Gasteiger charge is 2.32. The minimum atomic E-state index is -0.640. The maximum absolute atomic E-state index is 11.8. The first-order chi connectivity index (χ1) is 10.1. The van der Waals surface area contributed by atoms with Gasteiger partial charge in [-0.05, 0) is 29.2 Å². The van der Waals surface area contributed by atoms with Crippen molar-refractivity contribution in [2.45, 2.75) is 25.3 Å². The average Bonchev–Trinajstić information content (AvgIpc) is 3.31. The fourth-order valence-corrected chi connectivity index (χ4v) is 2.46. The molecule has 0 aromatic heterocycles. The van der Waals surface area contributed by atoms with Crippen LogP contribution in [0.5, 0.6) is 0 Å². The van der Waals surface area contributed by atoms with Crippen molar-refractivity contribution in [1.82, 2.24) is 5.32 Å². The lowest BCUT2D eigenvalue weighted by molar-refractivity contribution is -0.128. The zero-order chi connectivity index (χ0) is 14.8. The Balaban J connectivity index is 1.76. The molecule has 1 atom stereocenters. The van der Waals surface area contributed by atoms with Gasteiger partial charge in [-0.15, -0.1) is 0 Å². The van der Waals surface area contributed by atoms with Crippen molar-refractivity contribution in [3.05, 3.63) is 48.0 Å². The van der Waals surface area contributed by atoms with Gasteiger partial charge in [0.25, 0.3) is 0 Å². The van der Waals surface area contributed by atoms with Gasteiger partial charge in [-0.3, -0.25) is 9.59 Å². The number of rotatable bonds is 5. The Hall–Kier alpha value is -2.36. The summed E-state index contributed by atoms with van der Waals surface area (Å²) in [6, 6.07) is 13.4.